The summed E-state index contributed by atoms with van der Waals surface area (Å²) in [6.07, 6.45) is 2.42. The van der Waals surface area contributed by atoms with Crippen LogP contribution in [0.25, 0.3) is 0 Å². The van der Waals surface area contributed by atoms with Crippen LogP contribution in [0.4, 0.5) is 4.39 Å². The Morgan fingerprint density at radius 1 is 1.44 bits per heavy atom. The minimum atomic E-state index is -0.221. The topological polar surface area (TPSA) is 17.1 Å². The van der Waals surface area contributed by atoms with Crippen molar-refractivity contribution < 1.29 is 9.18 Å². The summed E-state index contributed by atoms with van der Waals surface area (Å²) in [7, 11) is 0. The molecule has 1 aliphatic rings. The molecule has 2 unspecified atom stereocenters. The summed E-state index contributed by atoms with van der Waals surface area (Å²) in [5, 5.41) is 0. The average Bonchev–Trinajstić information content (AvgIpc) is 2.48. The first-order chi connectivity index (χ1) is 7.56. The second-order valence-corrected chi connectivity index (χ2v) is 5.45. The maximum absolute atomic E-state index is 13.2. The van der Waals surface area contributed by atoms with Gasteiger partial charge in [-0.1, -0.05) is 22.9 Å². The summed E-state index contributed by atoms with van der Waals surface area (Å²) in [6, 6.07) is 4.94. The molecule has 0 aromatic heterocycles. The van der Waals surface area contributed by atoms with Crippen LogP contribution in [0.15, 0.2) is 22.7 Å². The van der Waals surface area contributed by atoms with Crippen LogP contribution in [-0.4, -0.2) is 5.78 Å². The van der Waals surface area contributed by atoms with Gasteiger partial charge in [0, 0.05) is 16.8 Å². The van der Waals surface area contributed by atoms with Crippen LogP contribution in [0.5, 0.6) is 0 Å². The van der Waals surface area contributed by atoms with Crippen LogP contribution >= 0.6 is 15.9 Å². The highest BCUT2D eigenvalue weighted by molar-refractivity contribution is 9.10. The van der Waals surface area contributed by atoms with E-state index in [1.807, 2.05) is 13.0 Å². The minimum absolute atomic E-state index is 0.127. The molecule has 1 fully saturated rings. The minimum Gasteiger partial charge on any atom is -0.299 e. The van der Waals surface area contributed by atoms with Crippen LogP contribution in [0.3, 0.4) is 0 Å². The fourth-order valence-corrected chi connectivity index (χ4v) is 2.89. The summed E-state index contributed by atoms with van der Waals surface area (Å²) in [4.78, 5) is 11.4. The van der Waals surface area contributed by atoms with Crippen molar-refractivity contribution in [3.05, 3.63) is 34.1 Å². The van der Waals surface area contributed by atoms with Crippen LogP contribution in [0, 0.1) is 17.7 Å². The van der Waals surface area contributed by atoms with Gasteiger partial charge in [0.15, 0.2) is 0 Å². The van der Waals surface area contributed by atoms with Crippen molar-refractivity contribution in [3.63, 3.8) is 0 Å². The number of Topliss-reactive ketones (excluding diaryl/α,β-unsaturated/α-hetero) is 1. The van der Waals surface area contributed by atoms with E-state index in [0.29, 0.717) is 18.1 Å². The van der Waals surface area contributed by atoms with E-state index in [1.54, 1.807) is 6.07 Å². The molecule has 1 nitrogen and oxygen atoms in total. The predicted molar refractivity (Wildman–Crippen MR) is 64.7 cm³/mol. The molecule has 1 aromatic carbocycles. The van der Waals surface area contributed by atoms with Crippen molar-refractivity contribution in [1.82, 2.24) is 0 Å². The Labute approximate surface area is 103 Å². The summed E-state index contributed by atoms with van der Waals surface area (Å²) in [5.74, 6) is 0.630. The molecule has 16 heavy (non-hydrogen) atoms. The monoisotopic (exact) mass is 284 g/mol. The van der Waals surface area contributed by atoms with Gasteiger partial charge >= 0.3 is 0 Å². The molecule has 3 heteroatoms. The maximum atomic E-state index is 13.2. The van der Waals surface area contributed by atoms with Gasteiger partial charge in [0.1, 0.15) is 11.6 Å². The summed E-state index contributed by atoms with van der Waals surface area (Å²) in [5.41, 5.74) is 0.971. The van der Waals surface area contributed by atoms with E-state index >= 15 is 0 Å². The molecule has 0 saturated heterocycles. The van der Waals surface area contributed by atoms with Crippen LogP contribution < -0.4 is 0 Å². The van der Waals surface area contributed by atoms with Crippen molar-refractivity contribution in [2.75, 3.05) is 0 Å². The fourth-order valence-electron chi connectivity index (χ4n) is 2.38. The van der Waals surface area contributed by atoms with Crippen molar-refractivity contribution in [2.45, 2.75) is 26.2 Å². The molecule has 1 aromatic rings. The van der Waals surface area contributed by atoms with Crippen molar-refractivity contribution >= 4 is 21.7 Å². The second kappa shape index (κ2) is 4.66. The normalized spacial score (nSPS) is 25.1. The van der Waals surface area contributed by atoms with Crippen molar-refractivity contribution in [1.29, 1.82) is 0 Å². The van der Waals surface area contributed by atoms with E-state index in [-0.39, 0.29) is 11.7 Å². The van der Waals surface area contributed by atoms with Gasteiger partial charge in [-0.05, 0) is 42.5 Å². The molecule has 1 saturated carbocycles. The quantitative estimate of drug-likeness (QED) is 0.809. The first-order valence-electron chi connectivity index (χ1n) is 5.54. The largest absolute Gasteiger partial charge is 0.299 e. The van der Waals surface area contributed by atoms with Gasteiger partial charge in [-0.3, -0.25) is 4.79 Å². The summed E-state index contributed by atoms with van der Waals surface area (Å²) in [6.45, 7) is 1.98. The van der Waals surface area contributed by atoms with E-state index in [2.05, 4.69) is 15.9 Å². The van der Waals surface area contributed by atoms with Crippen LogP contribution in [0.1, 0.15) is 25.3 Å². The Bertz CT molecular complexity index is 396. The summed E-state index contributed by atoms with van der Waals surface area (Å²) < 4.78 is 13.9. The Balaban J connectivity index is 2.12. The highest BCUT2D eigenvalue weighted by Crippen LogP contribution is 2.31. The summed E-state index contributed by atoms with van der Waals surface area (Å²) >= 11 is 3.28. The highest BCUT2D eigenvalue weighted by Gasteiger charge is 2.30. The molecule has 1 aliphatic carbocycles. The number of hydrogen-bond acceptors (Lipinski definition) is 1. The first-order valence-corrected chi connectivity index (χ1v) is 6.33. The number of ketones is 1. The number of rotatable bonds is 2. The molecule has 0 radical (unpaired) electrons. The van der Waals surface area contributed by atoms with Gasteiger partial charge in [0.2, 0.25) is 0 Å². The molecule has 0 spiro atoms. The highest BCUT2D eigenvalue weighted by atomic mass is 79.9. The van der Waals surface area contributed by atoms with Crippen molar-refractivity contribution in [2.24, 2.45) is 11.8 Å². The van der Waals surface area contributed by atoms with Crippen molar-refractivity contribution in [3.8, 4) is 0 Å². The van der Waals surface area contributed by atoms with Gasteiger partial charge in [-0.15, -0.1) is 0 Å². The van der Waals surface area contributed by atoms with E-state index in [0.717, 1.165) is 22.9 Å². The van der Waals surface area contributed by atoms with Gasteiger partial charge < -0.3 is 0 Å². The molecule has 2 atom stereocenters. The smallest absolute Gasteiger partial charge is 0.135 e. The third-order valence-electron chi connectivity index (χ3n) is 3.40. The van der Waals surface area contributed by atoms with Gasteiger partial charge in [0.25, 0.3) is 0 Å². The van der Waals surface area contributed by atoms with E-state index in [4.69, 9.17) is 0 Å². The third-order valence-corrected chi connectivity index (χ3v) is 3.85. The van der Waals surface area contributed by atoms with Crippen LogP contribution in [-0.2, 0) is 11.2 Å². The lowest BCUT2D eigenvalue weighted by molar-refractivity contribution is -0.120. The molecule has 0 amide bonds. The molecule has 86 valence electrons. The molecule has 0 heterocycles. The first kappa shape index (κ1) is 11.8. The molecular formula is C13H14BrFO. The zero-order chi connectivity index (χ0) is 11.7. The lowest BCUT2D eigenvalue weighted by Crippen LogP contribution is -2.12. The van der Waals surface area contributed by atoms with E-state index < -0.39 is 0 Å². The van der Waals surface area contributed by atoms with E-state index in [1.165, 1.54) is 6.07 Å². The average molecular weight is 285 g/mol. The lowest BCUT2D eigenvalue weighted by atomic mass is 9.91. The van der Waals surface area contributed by atoms with Gasteiger partial charge in [-0.2, -0.15) is 0 Å². The van der Waals surface area contributed by atoms with Gasteiger partial charge in [-0.25, -0.2) is 4.39 Å². The zero-order valence-corrected chi connectivity index (χ0v) is 10.8. The number of benzene rings is 1. The Morgan fingerprint density at radius 2 is 2.19 bits per heavy atom. The molecule has 0 N–H and O–H groups in total. The zero-order valence-electron chi connectivity index (χ0n) is 9.17. The molecule has 0 bridgehead atoms. The lowest BCUT2D eigenvalue weighted by Gasteiger charge is -2.14. The molecular weight excluding hydrogens is 271 g/mol. The number of hydrogen-bond donors (Lipinski definition) is 0. The van der Waals surface area contributed by atoms with Gasteiger partial charge in [0.05, 0.1) is 0 Å². The Morgan fingerprint density at radius 3 is 2.75 bits per heavy atom. The number of carbonyl (C=O) groups excluding carboxylic acids is 1. The predicted octanol–water partition coefficient (Wildman–Crippen LogP) is 3.75. The molecule has 2 rings (SSSR count). The standard InChI is InChI=1S/C13H14BrFO/c1-8-10(2-3-13(8)16)4-9-5-11(14)7-12(15)6-9/h5-8,10H,2-4H2,1H3. The molecule has 0 aliphatic heterocycles. The Kier molecular flexibility index (Phi) is 3.43. The second-order valence-electron chi connectivity index (χ2n) is 4.54. The third kappa shape index (κ3) is 2.51. The number of halogens is 2. The van der Waals surface area contributed by atoms with E-state index in [9.17, 15) is 9.18 Å². The number of carbonyl (C=O) groups is 1. The fraction of sp³-hybridized carbons (Fsp3) is 0.462. The maximum Gasteiger partial charge on any atom is 0.135 e. The van der Waals surface area contributed by atoms with Crippen LogP contribution in [0.2, 0.25) is 0 Å². The Hall–Kier alpha value is -0.700. The SMILES string of the molecule is CC1C(=O)CCC1Cc1cc(F)cc(Br)c1.